The van der Waals surface area contributed by atoms with E-state index < -0.39 is 6.09 Å². The first-order valence-electron chi connectivity index (χ1n) is 4.01. The number of rotatable bonds is 3. The molecule has 82 valence electrons. The normalized spacial score (nSPS) is 9.80. The van der Waals surface area contributed by atoms with Crippen molar-refractivity contribution in [3.63, 3.8) is 0 Å². The summed E-state index contributed by atoms with van der Waals surface area (Å²) in [5.41, 5.74) is 0.533. The highest BCUT2D eigenvalue weighted by Gasteiger charge is 2.07. The Bertz CT molecular complexity index is 382. The van der Waals surface area contributed by atoms with E-state index in [9.17, 15) is 9.90 Å². The maximum atomic E-state index is 10.2. The highest BCUT2D eigenvalue weighted by Crippen LogP contribution is 2.30. The molecule has 6 heteroatoms. The first-order chi connectivity index (χ1) is 7.04. The molecule has 15 heavy (non-hydrogen) atoms. The Balaban J connectivity index is 2.94. The molecule has 4 nitrogen and oxygen atoms in total. The van der Waals surface area contributed by atoms with E-state index >= 15 is 0 Å². The van der Waals surface area contributed by atoms with Crippen LogP contribution in [0.2, 0.25) is 10.0 Å². The van der Waals surface area contributed by atoms with Gasteiger partial charge in [-0.1, -0.05) is 23.2 Å². The quantitative estimate of drug-likeness (QED) is 0.881. The summed E-state index contributed by atoms with van der Waals surface area (Å²) in [7, 11) is 1.48. The lowest BCUT2D eigenvalue weighted by Crippen LogP contribution is -2.35. The number of halogens is 2. The number of benzene rings is 1. The number of carbonyl (C=O) groups excluding carboxylic acids is 1. The van der Waals surface area contributed by atoms with Crippen LogP contribution >= 0.6 is 23.2 Å². The van der Waals surface area contributed by atoms with Gasteiger partial charge in [-0.15, -0.1) is 0 Å². The topological polar surface area (TPSA) is 61.4 Å². The molecule has 0 radical (unpaired) electrons. The van der Waals surface area contributed by atoms with Gasteiger partial charge in [0, 0.05) is 12.6 Å². The number of carbonyl (C=O) groups is 1. The fourth-order valence-electron chi connectivity index (χ4n) is 1.03. The first-order valence-corrected chi connectivity index (χ1v) is 4.77. The summed E-state index contributed by atoms with van der Waals surface area (Å²) in [6.45, 7) is 0.0259. The molecule has 0 saturated carbocycles. The molecule has 0 spiro atoms. The molecule has 0 saturated heterocycles. The molecule has 0 aliphatic carbocycles. The van der Waals surface area contributed by atoms with Gasteiger partial charge in [0.05, 0.1) is 17.2 Å². The average Bonchev–Trinajstić information content (AvgIpc) is 2.19. The van der Waals surface area contributed by atoms with E-state index in [4.69, 9.17) is 27.9 Å². The zero-order valence-electron chi connectivity index (χ0n) is 7.84. The van der Waals surface area contributed by atoms with Crippen molar-refractivity contribution in [3.05, 3.63) is 27.7 Å². The maximum absolute atomic E-state index is 10.2. The van der Waals surface area contributed by atoms with Crippen LogP contribution in [0.3, 0.4) is 0 Å². The van der Waals surface area contributed by atoms with Gasteiger partial charge in [-0.3, -0.25) is 0 Å². The highest BCUT2D eigenvalue weighted by molar-refractivity contribution is 6.42. The van der Waals surface area contributed by atoms with E-state index in [2.05, 4.69) is 5.32 Å². The van der Waals surface area contributed by atoms with E-state index in [1.54, 1.807) is 12.1 Å². The summed E-state index contributed by atoms with van der Waals surface area (Å²) in [4.78, 5) is 10.2. The molecule has 1 aromatic rings. The third kappa shape index (κ3) is 3.18. The highest BCUT2D eigenvalue weighted by atomic mass is 35.5. The molecule has 0 unspecified atom stereocenters. The minimum atomic E-state index is -1.37. The third-order valence-electron chi connectivity index (χ3n) is 1.74. The molecular weight excluding hydrogens is 241 g/mol. The molecular formula is C9H8Cl2NO3-. The Morgan fingerprint density at radius 2 is 2.20 bits per heavy atom. The van der Waals surface area contributed by atoms with Crippen molar-refractivity contribution in [2.45, 2.75) is 6.54 Å². The molecule has 0 bridgehead atoms. The van der Waals surface area contributed by atoms with Gasteiger partial charge in [0.2, 0.25) is 0 Å². The summed E-state index contributed by atoms with van der Waals surface area (Å²) in [6, 6.07) is 3.15. The molecule has 1 amide bonds. The van der Waals surface area contributed by atoms with Gasteiger partial charge in [-0.2, -0.15) is 0 Å². The number of ether oxygens (including phenoxy) is 1. The van der Waals surface area contributed by atoms with Crippen LogP contribution < -0.4 is 15.2 Å². The zero-order chi connectivity index (χ0) is 11.4. The minimum Gasteiger partial charge on any atom is -0.530 e. The van der Waals surface area contributed by atoms with Crippen molar-refractivity contribution >= 4 is 29.3 Å². The van der Waals surface area contributed by atoms with E-state index in [1.807, 2.05) is 0 Å². The van der Waals surface area contributed by atoms with Crippen LogP contribution in [0.1, 0.15) is 5.56 Å². The number of hydrogen-bond donors (Lipinski definition) is 1. The molecule has 0 heterocycles. The summed E-state index contributed by atoms with van der Waals surface area (Å²) >= 11 is 11.7. The van der Waals surface area contributed by atoms with Gasteiger partial charge in [-0.25, -0.2) is 0 Å². The van der Waals surface area contributed by atoms with Gasteiger partial charge in [-0.05, 0) is 11.6 Å². The van der Waals surface area contributed by atoms with Crippen LogP contribution in [0.5, 0.6) is 5.75 Å². The van der Waals surface area contributed by atoms with Gasteiger partial charge in [0.15, 0.2) is 0 Å². The van der Waals surface area contributed by atoms with Gasteiger partial charge < -0.3 is 20.0 Å². The number of nitrogens with one attached hydrogen (secondary N) is 1. The summed E-state index contributed by atoms with van der Waals surface area (Å²) in [5, 5.41) is 12.9. The molecule has 0 fully saturated rings. The molecule has 0 aliphatic heterocycles. The van der Waals surface area contributed by atoms with E-state index in [0.29, 0.717) is 21.4 Å². The summed E-state index contributed by atoms with van der Waals surface area (Å²) < 4.78 is 4.96. The molecule has 1 aromatic carbocycles. The number of amides is 1. The van der Waals surface area contributed by atoms with Crippen LogP contribution in [-0.4, -0.2) is 13.2 Å². The fraction of sp³-hybridized carbons (Fsp3) is 0.222. The number of methoxy groups -OCH3 is 1. The smallest absolute Gasteiger partial charge is 0.134 e. The second-order valence-electron chi connectivity index (χ2n) is 2.72. The van der Waals surface area contributed by atoms with Crippen molar-refractivity contribution in [2.75, 3.05) is 7.11 Å². The standard InChI is InChI=1S/C9H9Cl2NO3/c1-15-6-2-5(4-12-9(13)14)8(11)7(10)3-6/h2-3,12H,4H2,1H3,(H,13,14)/p-1. The van der Waals surface area contributed by atoms with Crippen LogP contribution in [0.15, 0.2) is 12.1 Å². The van der Waals surface area contributed by atoms with E-state index in [-0.39, 0.29) is 6.54 Å². The first kappa shape index (κ1) is 11.9. The summed E-state index contributed by atoms with van der Waals surface area (Å²) in [5.74, 6) is 0.513. The lowest BCUT2D eigenvalue weighted by Gasteiger charge is -2.11. The van der Waals surface area contributed by atoms with Crippen molar-refractivity contribution < 1.29 is 14.6 Å². The van der Waals surface area contributed by atoms with E-state index in [1.165, 1.54) is 7.11 Å². The fourth-order valence-corrected chi connectivity index (χ4v) is 1.44. The van der Waals surface area contributed by atoms with Crippen LogP contribution in [0, 0.1) is 0 Å². The maximum Gasteiger partial charge on any atom is 0.134 e. The van der Waals surface area contributed by atoms with E-state index in [0.717, 1.165) is 0 Å². The predicted molar refractivity (Wildman–Crippen MR) is 55.2 cm³/mol. The monoisotopic (exact) mass is 248 g/mol. The molecule has 0 aliphatic rings. The second-order valence-corrected chi connectivity index (χ2v) is 3.51. The lowest BCUT2D eigenvalue weighted by molar-refractivity contribution is -0.251. The Kier molecular flexibility index (Phi) is 4.05. The average molecular weight is 249 g/mol. The molecule has 1 rings (SSSR count). The number of carboxylic acid groups (broad SMARTS) is 1. The van der Waals surface area contributed by atoms with Gasteiger partial charge in [0.1, 0.15) is 11.8 Å². The van der Waals surface area contributed by atoms with Crippen LogP contribution in [0.4, 0.5) is 4.79 Å². The third-order valence-corrected chi connectivity index (χ3v) is 2.58. The SMILES string of the molecule is COc1cc(Cl)c(Cl)c(CNC(=O)[O-])c1. The van der Waals surface area contributed by atoms with Crippen molar-refractivity contribution in [3.8, 4) is 5.75 Å². The Hall–Kier alpha value is -1.13. The summed E-state index contributed by atoms with van der Waals surface area (Å²) in [6.07, 6.45) is -1.37. The largest absolute Gasteiger partial charge is 0.530 e. The van der Waals surface area contributed by atoms with Crippen molar-refractivity contribution in [1.29, 1.82) is 0 Å². The zero-order valence-corrected chi connectivity index (χ0v) is 9.35. The lowest BCUT2D eigenvalue weighted by atomic mass is 10.2. The van der Waals surface area contributed by atoms with Crippen molar-refractivity contribution in [1.82, 2.24) is 5.32 Å². The van der Waals surface area contributed by atoms with Crippen LogP contribution in [0.25, 0.3) is 0 Å². The van der Waals surface area contributed by atoms with Crippen molar-refractivity contribution in [2.24, 2.45) is 0 Å². The van der Waals surface area contributed by atoms with Gasteiger partial charge in [0.25, 0.3) is 0 Å². The molecule has 1 N–H and O–H groups in total. The Labute approximate surface area is 96.8 Å². The second kappa shape index (κ2) is 5.09. The molecule has 0 aromatic heterocycles. The Morgan fingerprint density at radius 1 is 1.53 bits per heavy atom. The van der Waals surface area contributed by atoms with Gasteiger partial charge >= 0.3 is 0 Å². The predicted octanol–water partition coefficient (Wildman–Crippen LogP) is 1.43. The minimum absolute atomic E-state index is 0.0259. The molecule has 0 atom stereocenters. The van der Waals surface area contributed by atoms with Crippen LogP contribution in [-0.2, 0) is 6.54 Å². The number of hydrogen-bond acceptors (Lipinski definition) is 3. The Morgan fingerprint density at radius 3 is 2.73 bits per heavy atom.